The highest BCUT2D eigenvalue weighted by molar-refractivity contribution is 5.77. The molecular formula is C20H24F2N6O2. The first-order valence-electron chi connectivity index (χ1n) is 9.92. The molecule has 1 amide bonds. The maximum absolute atomic E-state index is 13.1. The predicted molar refractivity (Wildman–Crippen MR) is 104 cm³/mol. The molecule has 8 nitrogen and oxygen atoms in total. The average molecular weight is 418 g/mol. The molecular weight excluding hydrogens is 394 g/mol. The Bertz CT molecular complexity index is 1050. The number of piperidine rings is 1. The van der Waals surface area contributed by atoms with Crippen LogP contribution in [0.1, 0.15) is 54.5 Å². The summed E-state index contributed by atoms with van der Waals surface area (Å²) in [5.74, 6) is 0.440. The van der Waals surface area contributed by atoms with Crippen LogP contribution in [0.5, 0.6) is 0 Å². The molecule has 0 aliphatic carbocycles. The van der Waals surface area contributed by atoms with Crippen molar-refractivity contribution in [2.75, 3.05) is 6.54 Å². The van der Waals surface area contributed by atoms with E-state index < -0.39 is 6.43 Å². The molecule has 1 saturated heterocycles. The van der Waals surface area contributed by atoms with E-state index in [4.69, 9.17) is 4.52 Å². The van der Waals surface area contributed by atoms with E-state index >= 15 is 0 Å². The Balaban J connectivity index is 1.62. The Labute approximate surface area is 172 Å². The molecule has 0 aromatic carbocycles. The van der Waals surface area contributed by atoms with Crippen molar-refractivity contribution in [1.29, 1.82) is 0 Å². The van der Waals surface area contributed by atoms with E-state index in [1.54, 1.807) is 16.5 Å². The van der Waals surface area contributed by atoms with Crippen LogP contribution >= 0.6 is 0 Å². The molecule has 0 N–H and O–H groups in total. The molecule has 0 radical (unpaired) electrons. The number of carbonyl (C=O) groups is 1. The van der Waals surface area contributed by atoms with Gasteiger partial charge < -0.3 is 9.42 Å². The molecule has 3 aromatic rings. The summed E-state index contributed by atoms with van der Waals surface area (Å²) in [5, 5.41) is 12.5. The van der Waals surface area contributed by atoms with Gasteiger partial charge in [0, 0.05) is 31.5 Å². The van der Waals surface area contributed by atoms with E-state index in [1.807, 2.05) is 26.2 Å². The van der Waals surface area contributed by atoms with Crippen LogP contribution < -0.4 is 0 Å². The number of halogens is 2. The summed E-state index contributed by atoms with van der Waals surface area (Å²) in [5.41, 5.74) is 2.54. The minimum atomic E-state index is -2.66. The van der Waals surface area contributed by atoms with Crippen molar-refractivity contribution in [3.05, 3.63) is 41.1 Å². The normalized spacial score (nSPS) is 17.1. The summed E-state index contributed by atoms with van der Waals surface area (Å²) >= 11 is 0. The Morgan fingerprint density at radius 2 is 2.07 bits per heavy atom. The number of likely N-dealkylation sites (tertiary alicyclic amines) is 1. The molecule has 1 aliphatic rings. The van der Waals surface area contributed by atoms with E-state index in [0.29, 0.717) is 18.0 Å². The van der Waals surface area contributed by atoms with Crippen molar-refractivity contribution in [3.63, 3.8) is 0 Å². The minimum absolute atomic E-state index is 0.0847. The van der Waals surface area contributed by atoms with Gasteiger partial charge in [0.25, 0.3) is 6.43 Å². The third-order valence-electron chi connectivity index (χ3n) is 5.40. The van der Waals surface area contributed by atoms with Gasteiger partial charge in [0.15, 0.2) is 5.76 Å². The van der Waals surface area contributed by atoms with Crippen LogP contribution in [0.2, 0.25) is 0 Å². The number of hydrogen-bond donors (Lipinski definition) is 0. The van der Waals surface area contributed by atoms with Gasteiger partial charge in [-0.15, -0.1) is 0 Å². The summed E-state index contributed by atoms with van der Waals surface area (Å²) in [6, 6.07) is 2.93. The first-order chi connectivity index (χ1) is 14.3. The second-order valence-electron chi connectivity index (χ2n) is 7.70. The van der Waals surface area contributed by atoms with Gasteiger partial charge in [0.05, 0.1) is 23.0 Å². The predicted octanol–water partition coefficient (Wildman–Crippen LogP) is 3.58. The third-order valence-corrected chi connectivity index (χ3v) is 5.40. The lowest BCUT2D eigenvalue weighted by atomic mass is 9.96. The largest absolute Gasteiger partial charge is 0.356 e. The van der Waals surface area contributed by atoms with Gasteiger partial charge in [-0.05, 0) is 39.2 Å². The number of rotatable bonds is 5. The lowest BCUT2D eigenvalue weighted by Gasteiger charge is -2.35. The first kappa shape index (κ1) is 20.2. The van der Waals surface area contributed by atoms with Gasteiger partial charge in [-0.1, -0.05) is 5.16 Å². The topological polar surface area (TPSA) is 82.0 Å². The molecule has 0 saturated carbocycles. The molecule has 0 spiro atoms. The van der Waals surface area contributed by atoms with Crippen molar-refractivity contribution >= 4 is 5.91 Å². The second kappa shape index (κ2) is 8.00. The molecule has 0 unspecified atom stereocenters. The molecule has 10 heteroatoms. The lowest BCUT2D eigenvalue weighted by molar-refractivity contribution is -0.136. The van der Waals surface area contributed by atoms with E-state index in [1.165, 1.54) is 10.7 Å². The van der Waals surface area contributed by atoms with Gasteiger partial charge in [-0.25, -0.2) is 8.78 Å². The molecule has 1 aliphatic heterocycles. The van der Waals surface area contributed by atoms with Crippen LogP contribution in [-0.2, 0) is 18.4 Å². The molecule has 160 valence electrons. The fraction of sp³-hybridized carbons (Fsp3) is 0.500. The van der Waals surface area contributed by atoms with Crippen LogP contribution in [0, 0.1) is 13.8 Å². The Hall–Kier alpha value is -3.04. The van der Waals surface area contributed by atoms with E-state index in [0.717, 1.165) is 36.2 Å². The van der Waals surface area contributed by atoms with Crippen molar-refractivity contribution in [1.82, 2.24) is 29.6 Å². The quantitative estimate of drug-likeness (QED) is 0.633. The average Bonchev–Trinajstić information content (AvgIpc) is 3.41. The van der Waals surface area contributed by atoms with Gasteiger partial charge >= 0.3 is 0 Å². The number of aryl methyl sites for hydroxylation is 3. The third kappa shape index (κ3) is 3.86. The summed E-state index contributed by atoms with van der Waals surface area (Å²) in [6.07, 6.45) is 1.81. The highest BCUT2D eigenvalue weighted by Gasteiger charge is 2.33. The molecule has 1 fully saturated rings. The molecule has 1 atom stereocenters. The van der Waals surface area contributed by atoms with E-state index in [-0.39, 0.29) is 24.2 Å². The van der Waals surface area contributed by atoms with Crippen LogP contribution in [0.4, 0.5) is 8.78 Å². The Morgan fingerprint density at radius 1 is 1.27 bits per heavy atom. The maximum atomic E-state index is 13.1. The molecule has 30 heavy (non-hydrogen) atoms. The van der Waals surface area contributed by atoms with Crippen LogP contribution in [0.25, 0.3) is 11.3 Å². The van der Waals surface area contributed by atoms with Crippen LogP contribution in [0.15, 0.2) is 22.9 Å². The number of carbonyl (C=O) groups excluding carboxylic acids is 1. The van der Waals surface area contributed by atoms with Crippen molar-refractivity contribution in [2.24, 2.45) is 7.05 Å². The van der Waals surface area contributed by atoms with E-state index in [2.05, 4.69) is 15.4 Å². The zero-order valence-electron chi connectivity index (χ0n) is 17.2. The van der Waals surface area contributed by atoms with E-state index in [9.17, 15) is 13.6 Å². The summed E-state index contributed by atoms with van der Waals surface area (Å²) in [4.78, 5) is 14.9. The molecule has 4 rings (SSSR count). The Kier molecular flexibility index (Phi) is 5.40. The van der Waals surface area contributed by atoms with Crippen molar-refractivity contribution < 1.29 is 18.1 Å². The SMILES string of the molecule is Cc1cc(-c2cn(C)nc2[C@H]2CCCCN2C(=O)Cn2nc(C(F)F)cc2C)on1. The van der Waals surface area contributed by atoms with Crippen LogP contribution in [-0.4, -0.2) is 42.1 Å². The van der Waals surface area contributed by atoms with Gasteiger partial charge in [-0.2, -0.15) is 10.2 Å². The van der Waals surface area contributed by atoms with Gasteiger partial charge in [0.1, 0.15) is 12.2 Å². The zero-order chi connectivity index (χ0) is 21.4. The molecule has 3 aromatic heterocycles. The van der Waals surface area contributed by atoms with Gasteiger partial charge in [-0.3, -0.25) is 14.2 Å². The fourth-order valence-electron chi connectivity index (χ4n) is 3.97. The second-order valence-corrected chi connectivity index (χ2v) is 7.70. The number of hydrogen-bond acceptors (Lipinski definition) is 5. The first-order valence-corrected chi connectivity index (χ1v) is 9.92. The Morgan fingerprint density at radius 3 is 2.73 bits per heavy atom. The number of nitrogens with zero attached hydrogens (tertiary/aromatic N) is 6. The smallest absolute Gasteiger partial charge is 0.282 e. The summed E-state index contributed by atoms with van der Waals surface area (Å²) in [7, 11) is 1.82. The number of aromatic nitrogens is 5. The standard InChI is InChI=1S/C20H24F2N6O2/c1-12-8-17(30-25-12)14-10-26(3)24-19(14)16-6-4-5-7-27(16)18(29)11-28-13(2)9-15(23-28)20(21)22/h8-10,16,20H,4-7,11H2,1-3H3/t16-/m1/s1. The highest BCUT2D eigenvalue weighted by Crippen LogP contribution is 2.36. The zero-order valence-corrected chi connectivity index (χ0v) is 17.2. The van der Waals surface area contributed by atoms with Crippen LogP contribution in [0.3, 0.4) is 0 Å². The number of alkyl halides is 2. The highest BCUT2D eigenvalue weighted by atomic mass is 19.3. The summed E-state index contributed by atoms with van der Waals surface area (Å²) in [6.45, 7) is 4.01. The minimum Gasteiger partial charge on any atom is -0.356 e. The van der Waals surface area contributed by atoms with Gasteiger partial charge in [0.2, 0.25) is 5.91 Å². The lowest BCUT2D eigenvalue weighted by Crippen LogP contribution is -2.41. The summed E-state index contributed by atoms with van der Waals surface area (Å²) < 4.78 is 34.4. The molecule has 0 bridgehead atoms. The molecule has 4 heterocycles. The van der Waals surface area contributed by atoms with Crippen molar-refractivity contribution in [3.8, 4) is 11.3 Å². The maximum Gasteiger partial charge on any atom is 0.282 e. The number of amides is 1. The monoisotopic (exact) mass is 418 g/mol. The fourth-order valence-corrected chi connectivity index (χ4v) is 3.97. The van der Waals surface area contributed by atoms with Crippen molar-refractivity contribution in [2.45, 2.75) is 52.1 Å².